The van der Waals surface area contributed by atoms with E-state index in [1.807, 2.05) is 26.8 Å². The average molecular weight is 339 g/mol. The van der Waals surface area contributed by atoms with Crippen molar-refractivity contribution < 1.29 is 15.1 Å². The molecule has 2 N–H and O–H groups in total. The summed E-state index contributed by atoms with van der Waals surface area (Å²) in [6.45, 7) is 6.00. The van der Waals surface area contributed by atoms with Crippen LogP contribution in [0.25, 0.3) is 12.2 Å². The molecule has 5 heteroatoms. The smallest absolute Gasteiger partial charge is 0.311 e. The van der Waals surface area contributed by atoms with Crippen LogP contribution in [0.5, 0.6) is 11.5 Å². The molecule has 0 atom stereocenters. The Morgan fingerprint density at radius 1 is 1.16 bits per heavy atom. The van der Waals surface area contributed by atoms with Crippen LogP contribution >= 0.6 is 0 Å². The van der Waals surface area contributed by atoms with E-state index in [4.69, 9.17) is 0 Å². The standard InChI is InChI=1S/C20H21NO4/c1-13(2)4-8-18-14(3)10-17(22)12-16(18)7-5-15-6-9-20(23)19(11-15)21(24)25/h4-7,9-12,22-23H,8H2,1-3H3/b7-5+. The lowest BCUT2D eigenvalue weighted by molar-refractivity contribution is -0.385. The van der Waals surface area contributed by atoms with Crippen molar-refractivity contribution in [2.24, 2.45) is 0 Å². The monoisotopic (exact) mass is 339 g/mol. The summed E-state index contributed by atoms with van der Waals surface area (Å²) in [6, 6.07) is 7.61. The lowest BCUT2D eigenvalue weighted by Crippen LogP contribution is -1.93. The summed E-state index contributed by atoms with van der Waals surface area (Å²) < 4.78 is 0. The number of nitrogens with zero attached hydrogens (tertiary/aromatic N) is 1. The largest absolute Gasteiger partial charge is 0.508 e. The number of hydrogen-bond acceptors (Lipinski definition) is 4. The van der Waals surface area contributed by atoms with Gasteiger partial charge >= 0.3 is 5.69 Å². The fourth-order valence-electron chi connectivity index (χ4n) is 2.53. The van der Waals surface area contributed by atoms with E-state index in [2.05, 4.69) is 6.08 Å². The lowest BCUT2D eigenvalue weighted by Gasteiger charge is -2.10. The second-order valence-corrected chi connectivity index (χ2v) is 6.15. The van der Waals surface area contributed by atoms with E-state index in [0.29, 0.717) is 5.56 Å². The van der Waals surface area contributed by atoms with Crippen LogP contribution in [0.3, 0.4) is 0 Å². The van der Waals surface area contributed by atoms with Gasteiger partial charge in [0.15, 0.2) is 5.75 Å². The van der Waals surface area contributed by atoms with Gasteiger partial charge in [0.1, 0.15) is 5.75 Å². The van der Waals surface area contributed by atoms with Crippen molar-refractivity contribution in [3.05, 3.63) is 74.3 Å². The molecule has 0 saturated carbocycles. The van der Waals surface area contributed by atoms with Gasteiger partial charge in [0.05, 0.1) is 4.92 Å². The Morgan fingerprint density at radius 2 is 1.88 bits per heavy atom. The van der Waals surface area contributed by atoms with Gasteiger partial charge in [0, 0.05) is 6.07 Å². The molecule has 130 valence electrons. The van der Waals surface area contributed by atoms with E-state index in [1.165, 1.54) is 17.7 Å². The third-order valence-electron chi connectivity index (χ3n) is 3.86. The fraction of sp³-hybridized carbons (Fsp3) is 0.200. The number of phenols is 2. The van der Waals surface area contributed by atoms with Crippen molar-refractivity contribution in [1.82, 2.24) is 0 Å². The molecule has 0 unspecified atom stereocenters. The summed E-state index contributed by atoms with van der Waals surface area (Å²) in [4.78, 5) is 10.3. The van der Waals surface area contributed by atoms with Crippen LogP contribution in [0.2, 0.25) is 0 Å². The highest BCUT2D eigenvalue weighted by atomic mass is 16.6. The summed E-state index contributed by atoms with van der Waals surface area (Å²) in [5.41, 5.74) is 4.39. The molecule has 0 heterocycles. The van der Waals surface area contributed by atoms with Gasteiger partial charge in [-0.3, -0.25) is 10.1 Å². The highest BCUT2D eigenvalue weighted by molar-refractivity contribution is 5.74. The second-order valence-electron chi connectivity index (χ2n) is 6.15. The Labute approximate surface area is 146 Å². The molecule has 0 amide bonds. The Balaban J connectivity index is 2.42. The summed E-state index contributed by atoms with van der Waals surface area (Å²) >= 11 is 0. The molecule has 0 aliphatic carbocycles. The minimum Gasteiger partial charge on any atom is -0.508 e. The SMILES string of the molecule is CC(C)=CCc1c(C)cc(O)cc1/C=C/c1ccc(O)c([N+](=O)[O-])c1. The van der Waals surface area contributed by atoms with Crippen LogP contribution in [-0.2, 0) is 6.42 Å². The first kappa shape index (κ1) is 18.3. The van der Waals surface area contributed by atoms with Crippen LogP contribution < -0.4 is 0 Å². The zero-order valence-corrected chi connectivity index (χ0v) is 14.5. The van der Waals surface area contributed by atoms with Gasteiger partial charge in [0.2, 0.25) is 0 Å². The van der Waals surface area contributed by atoms with Gasteiger partial charge in [-0.05, 0) is 67.6 Å². The lowest BCUT2D eigenvalue weighted by atomic mass is 9.96. The van der Waals surface area contributed by atoms with Crippen molar-refractivity contribution in [3.63, 3.8) is 0 Å². The van der Waals surface area contributed by atoms with E-state index < -0.39 is 4.92 Å². The molecule has 0 bridgehead atoms. The van der Waals surface area contributed by atoms with Crippen LogP contribution in [0.15, 0.2) is 42.0 Å². The average Bonchev–Trinajstić information content (AvgIpc) is 2.52. The van der Waals surface area contributed by atoms with Gasteiger partial charge in [-0.2, -0.15) is 0 Å². The van der Waals surface area contributed by atoms with Crippen molar-refractivity contribution in [3.8, 4) is 11.5 Å². The van der Waals surface area contributed by atoms with Crippen molar-refractivity contribution in [1.29, 1.82) is 0 Å². The van der Waals surface area contributed by atoms with Crippen LogP contribution in [0.4, 0.5) is 5.69 Å². The molecule has 0 aromatic heterocycles. The van der Waals surface area contributed by atoms with Crippen molar-refractivity contribution in [2.45, 2.75) is 27.2 Å². The summed E-state index contributed by atoms with van der Waals surface area (Å²) in [7, 11) is 0. The molecule has 0 aliphatic heterocycles. The first-order valence-corrected chi connectivity index (χ1v) is 7.89. The zero-order chi connectivity index (χ0) is 18.6. The van der Waals surface area contributed by atoms with Gasteiger partial charge in [-0.25, -0.2) is 0 Å². The second kappa shape index (κ2) is 7.66. The molecule has 0 aliphatic rings. The molecular formula is C20H21NO4. The molecule has 5 nitrogen and oxygen atoms in total. The summed E-state index contributed by atoms with van der Waals surface area (Å²) in [5, 5.41) is 30.3. The fourth-order valence-corrected chi connectivity index (χ4v) is 2.53. The van der Waals surface area contributed by atoms with E-state index in [-0.39, 0.29) is 17.2 Å². The Hall–Kier alpha value is -3.08. The van der Waals surface area contributed by atoms with Crippen molar-refractivity contribution in [2.75, 3.05) is 0 Å². The normalized spacial score (nSPS) is 10.8. The van der Waals surface area contributed by atoms with Crippen molar-refractivity contribution >= 4 is 17.8 Å². The van der Waals surface area contributed by atoms with E-state index in [9.17, 15) is 20.3 Å². The summed E-state index contributed by atoms with van der Waals surface area (Å²) in [5.74, 6) is -0.186. The predicted octanol–water partition coefficient (Wildman–Crippen LogP) is 4.99. The van der Waals surface area contributed by atoms with E-state index in [1.54, 1.807) is 24.3 Å². The first-order valence-electron chi connectivity index (χ1n) is 7.89. The third-order valence-corrected chi connectivity index (χ3v) is 3.86. The number of benzene rings is 2. The third kappa shape index (κ3) is 4.70. The maximum Gasteiger partial charge on any atom is 0.311 e. The Kier molecular flexibility index (Phi) is 5.60. The number of nitro groups is 1. The molecule has 25 heavy (non-hydrogen) atoms. The van der Waals surface area contributed by atoms with Gasteiger partial charge in [-0.1, -0.05) is 29.9 Å². The minimum atomic E-state index is -0.620. The molecule has 0 radical (unpaired) electrons. The highest BCUT2D eigenvalue weighted by Gasteiger charge is 2.12. The van der Waals surface area contributed by atoms with Crippen LogP contribution in [0, 0.1) is 17.0 Å². The molecular weight excluding hydrogens is 318 g/mol. The first-order chi connectivity index (χ1) is 11.8. The molecule has 0 saturated heterocycles. The number of rotatable bonds is 5. The Bertz CT molecular complexity index is 862. The number of aryl methyl sites for hydroxylation is 1. The Morgan fingerprint density at radius 3 is 2.52 bits per heavy atom. The van der Waals surface area contributed by atoms with E-state index in [0.717, 1.165) is 23.1 Å². The molecule has 2 aromatic rings. The van der Waals surface area contributed by atoms with Crippen LogP contribution in [-0.4, -0.2) is 15.1 Å². The van der Waals surface area contributed by atoms with E-state index >= 15 is 0 Å². The quantitative estimate of drug-likeness (QED) is 0.348. The number of hydrogen-bond donors (Lipinski definition) is 2. The number of phenolic OH excluding ortho intramolecular Hbond substituents is 2. The molecule has 2 rings (SSSR count). The van der Waals surface area contributed by atoms with Gasteiger partial charge in [-0.15, -0.1) is 0 Å². The maximum absolute atomic E-state index is 10.9. The molecule has 2 aromatic carbocycles. The van der Waals surface area contributed by atoms with Crippen LogP contribution in [0.1, 0.15) is 36.1 Å². The topological polar surface area (TPSA) is 83.6 Å². The zero-order valence-electron chi connectivity index (χ0n) is 14.5. The molecule has 0 spiro atoms. The number of aromatic hydroxyl groups is 2. The summed E-state index contributed by atoms with van der Waals surface area (Å²) in [6.07, 6.45) is 6.40. The predicted molar refractivity (Wildman–Crippen MR) is 99.7 cm³/mol. The number of nitro benzene ring substituents is 1. The van der Waals surface area contributed by atoms with Gasteiger partial charge in [0.25, 0.3) is 0 Å². The maximum atomic E-state index is 10.9. The molecule has 0 fully saturated rings. The van der Waals surface area contributed by atoms with Gasteiger partial charge < -0.3 is 10.2 Å². The minimum absolute atomic E-state index is 0.176. The highest BCUT2D eigenvalue weighted by Crippen LogP contribution is 2.28. The number of allylic oxidation sites excluding steroid dienone is 2.